The summed E-state index contributed by atoms with van der Waals surface area (Å²) in [7, 11) is 3.99. The second-order valence-corrected chi connectivity index (χ2v) is 9.69. The van der Waals surface area contributed by atoms with Crippen LogP contribution in [0.15, 0.2) is 47.3 Å². The fourth-order valence-corrected chi connectivity index (χ4v) is 4.83. The van der Waals surface area contributed by atoms with Crippen molar-refractivity contribution in [2.45, 2.75) is 26.8 Å². The molecular weight excluding hydrogens is 523 g/mol. The maximum absolute atomic E-state index is 13.4. The summed E-state index contributed by atoms with van der Waals surface area (Å²) in [6.45, 7) is 7.33. The maximum atomic E-state index is 13.4. The van der Waals surface area contributed by atoms with Gasteiger partial charge in [0.05, 0.1) is 21.2 Å². The van der Waals surface area contributed by atoms with Crippen molar-refractivity contribution in [1.29, 1.82) is 5.26 Å². The van der Waals surface area contributed by atoms with Crippen molar-refractivity contribution >= 4 is 45.7 Å². The third-order valence-electron chi connectivity index (χ3n) is 6.29. The highest BCUT2D eigenvalue weighted by Gasteiger charge is 2.27. The number of halogens is 2. The smallest absolute Gasteiger partial charge is 0.271 e. The summed E-state index contributed by atoms with van der Waals surface area (Å²) in [5.74, 6) is -0.120. The molecule has 0 unspecified atom stereocenters. The van der Waals surface area contributed by atoms with Crippen LogP contribution in [0.2, 0.25) is 10.0 Å². The molecule has 2 heterocycles. The number of anilines is 1. The Labute approximate surface area is 234 Å². The van der Waals surface area contributed by atoms with Crippen molar-refractivity contribution < 1.29 is 4.79 Å². The maximum Gasteiger partial charge on any atom is 0.271 e. The first-order valence-corrected chi connectivity index (χ1v) is 13.3. The van der Waals surface area contributed by atoms with Crippen molar-refractivity contribution in [3.8, 4) is 6.07 Å². The van der Waals surface area contributed by atoms with Gasteiger partial charge in [0.1, 0.15) is 11.6 Å². The molecule has 2 aromatic carbocycles. The number of pyridine rings is 1. The number of rotatable bonds is 6. The molecule has 3 aromatic rings. The quantitative estimate of drug-likeness (QED) is 0.440. The lowest BCUT2D eigenvalue weighted by molar-refractivity contribution is 0.0747. The molecule has 0 spiro atoms. The molecule has 3 N–H and O–H groups in total. The second-order valence-electron chi connectivity index (χ2n) is 8.87. The highest BCUT2D eigenvalue weighted by Crippen LogP contribution is 2.30. The van der Waals surface area contributed by atoms with Crippen LogP contribution in [0.25, 0.3) is 10.9 Å². The highest BCUT2D eigenvalue weighted by molar-refractivity contribution is 6.42. The second kappa shape index (κ2) is 14.2. The minimum atomic E-state index is -0.269. The SMILES string of the molecule is CC.CN(C)CCCn1c(=O)c(C#N)c(N2CCN(C(=O)c3ccc(Cl)c(Cl)c3)CC2)c2ccccc21.N. The summed E-state index contributed by atoms with van der Waals surface area (Å²) < 4.78 is 1.71. The van der Waals surface area contributed by atoms with Crippen LogP contribution >= 0.6 is 23.2 Å². The molecular formula is C28H36Cl2N6O2. The van der Waals surface area contributed by atoms with Gasteiger partial charge in [-0.05, 0) is 51.3 Å². The number of aromatic nitrogens is 1. The van der Waals surface area contributed by atoms with E-state index >= 15 is 0 Å². The van der Waals surface area contributed by atoms with E-state index in [0.29, 0.717) is 54.0 Å². The van der Waals surface area contributed by atoms with Gasteiger partial charge in [0.15, 0.2) is 0 Å². The zero-order chi connectivity index (χ0) is 27.1. The zero-order valence-corrected chi connectivity index (χ0v) is 24.0. The van der Waals surface area contributed by atoms with Gasteiger partial charge >= 0.3 is 0 Å². The number of benzene rings is 2. The number of nitrogens with zero attached hydrogens (tertiary/aromatic N) is 5. The lowest BCUT2D eigenvalue weighted by Crippen LogP contribution is -2.49. The van der Waals surface area contributed by atoms with E-state index in [4.69, 9.17) is 23.2 Å². The Morgan fingerprint density at radius 1 is 1.03 bits per heavy atom. The fraction of sp³-hybridized carbons (Fsp3) is 0.393. The lowest BCUT2D eigenvalue weighted by atomic mass is 10.1. The first-order chi connectivity index (χ1) is 17.8. The van der Waals surface area contributed by atoms with Crippen LogP contribution in [0.4, 0.5) is 5.69 Å². The lowest BCUT2D eigenvalue weighted by Gasteiger charge is -2.37. The van der Waals surface area contributed by atoms with Gasteiger partial charge in [-0.15, -0.1) is 0 Å². The molecule has 0 atom stereocenters. The Morgan fingerprint density at radius 3 is 2.29 bits per heavy atom. The summed E-state index contributed by atoms with van der Waals surface area (Å²) in [6, 6.07) is 14.8. The number of hydrogen-bond donors (Lipinski definition) is 1. The number of piperazine rings is 1. The summed E-state index contributed by atoms with van der Waals surface area (Å²) >= 11 is 12.1. The fourth-order valence-electron chi connectivity index (χ4n) is 4.53. The summed E-state index contributed by atoms with van der Waals surface area (Å²) in [4.78, 5) is 32.2. The standard InChI is InChI=1S/C26H27Cl2N5O2.C2H6.H3N/c1-30(2)10-5-11-33-23-7-4-3-6-19(23)24(20(17-29)26(33)35)31-12-14-32(15-13-31)25(34)18-8-9-21(27)22(28)16-18;1-2;/h3-4,6-9,16H,5,10-15H2,1-2H3;1-2H3;1H3. The monoisotopic (exact) mass is 558 g/mol. The predicted molar refractivity (Wildman–Crippen MR) is 157 cm³/mol. The average molecular weight is 560 g/mol. The minimum absolute atomic E-state index is 0. The van der Waals surface area contributed by atoms with E-state index in [2.05, 4.69) is 11.0 Å². The normalized spacial score (nSPS) is 13.0. The Hall–Kier alpha value is -3.09. The number of carbonyl (C=O) groups excluding carboxylic acids is 1. The third-order valence-corrected chi connectivity index (χ3v) is 7.03. The van der Waals surface area contributed by atoms with Gasteiger partial charge in [-0.25, -0.2) is 0 Å². The van der Waals surface area contributed by atoms with Crippen molar-refractivity contribution in [3.63, 3.8) is 0 Å². The summed E-state index contributed by atoms with van der Waals surface area (Å²) in [5.41, 5.74) is 1.83. The van der Waals surface area contributed by atoms with Crippen LogP contribution in [0.3, 0.4) is 0 Å². The molecule has 10 heteroatoms. The van der Waals surface area contributed by atoms with Gasteiger partial charge < -0.3 is 25.4 Å². The van der Waals surface area contributed by atoms with Crippen LogP contribution in [0.5, 0.6) is 0 Å². The zero-order valence-electron chi connectivity index (χ0n) is 22.5. The molecule has 1 fully saturated rings. The van der Waals surface area contributed by atoms with Crippen LogP contribution in [-0.4, -0.2) is 67.1 Å². The predicted octanol–water partition coefficient (Wildman–Crippen LogP) is 5.28. The Bertz CT molecular complexity index is 1360. The molecule has 1 saturated heterocycles. The van der Waals surface area contributed by atoms with Gasteiger partial charge in [0.25, 0.3) is 11.5 Å². The summed E-state index contributed by atoms with van der Waals surface area (Å²) in [5, 5.41) is 11.6. The molecule has 0 saturated carbocycles. The number of hydrogen-bond acceptors (Lipinski definition) is 6. The highest BCUT2D eigenvalue weighted by atomic mass is 35.5. The van der Waals surface area contributed by atoms with Gasteiger partial charge in [0.2, 0.25) is 0 Å². The molecule has 4 rings (SSSR count). The molecule has 0 bridgehead atoms. The van der Waals surface area contributed by atoms with Gasteiger partial charge in [-0.2, -0.15) is 5.26 Å². The minimum Gasteiger partial charge on any atom is -0.366 e. The molecule has 0 radical (unpaired) electrons. The van der Waals surface area contributed by atoms with E-state index in [1.807, 2.05) is 57.1 Å². The molecule has 8 nitrogen and oxygen atoms in total. The number of amides is 1. The van der Waals surface area contributed by atoms with Crippen molar-refractivity contribution in [2.24, 2.45) is 0 Å². The van der Waals surface area contributed by atoms with E-state index in [1.165, 1.54) is 0 Å². The van der Waals surface area contributed by atoms with Crippen molar-refractivity contribution in [1.82, 2.24) is 20.5 Å². The number of fused-ring (bicyclic) bond motifs is 1. The Balaban J connectivity index is 0.00000165. The molecule has 38 heavy (non-hydrogen) atoms. The molecule has 204 valence electrons. The molecule has 0 aliphatic carbocycles. The first kappa shape index (κ1) is 31.1. The van der Waals surface area contributed by atoms with Crippen LogP contribution in [0, 0.1) is 11.3 Å². The molecule has 1 aromatic heterocycles. The van der Waals surface area contributed by atoms with E-state index in [-0.39, 0.29) is 23.2 Å². The van der Waals surface area contributed by atoms with Crippen LogP contribution in [-0.2, 0) is 6.54 Å². The van der Waals surface area contributed by atoms with E-state index in [1.54, 1.807) is 27.7 Å². The van der Waals surface area contributed by atoms with Gasteiger partial charge in [-0.3, -0.25) is 9.59 Å². The van der Waals surface area contributed by atoms with Gasteiger partial charge in [0, 0.05) is 43.7 Å². The average Bonchev–Trinajstić information content (AvgIpc) is 2.91. The van der Waals surface area contributed by atoms with E-state index in [0.717, 1.165) is 23.9 Å². The Kier molecular flexibility index (Phi) is 11.6. The molecule has 1 amide bonds. The Morgan fingerprint density at radius 2 is 1.68 bits per heavy atom. The van der Waals surface area contributed by atoms with E-state index in [9.17, 15) is 14.9 Å². The topological polar surface area (TPSA) is 108 Å². The van der Waals surface area contributed by atoms with Crippen molar-refractivity contribution in [3.05, 3.63) is 74.0 Å². The number of carbonyl (C=O) groups is 1. The first-order valence-electron chi connectivity index (χ1n) is 12.5. The third kappa shape index (κ3) is 6.66. The van der Waals surface area contributed by atoms with E-state index < -0.39 is 0 Å². The number of nitriles is 1. The van der Waals surface area contributed by atoms with Crippen LogP contribution in [0.1, 0.15) is 36.2 Å². The molecule has 1 aliphatic heterocycles. The van der Waals surface area contributed by atoms with Crippen LogP contribution < -0.4 is 16.6 Å². The molecule has 1 aliphatic rings. The largest absolute Gasteiger partial charge is 0.366 e. The van der Waals surface area contributed by atoms with Gasteiger partial charge in [-0.1, -0.05) is 55.2 Å². The number of aryl methyl sites for hydroxylation is 1. The number of para-hydroxylation sites is 1. The summed E-state index contributed by atoms with van der Waals surface area (Å²) in [6.07, 6.45) is 0.802. The van der Waals surface area contributed by atoms with Crippen molar-refractivity contribution in [2.75, 3.05) is 51.7 Å².